The molecule has 88 valence electrons. The van der Waals surface area contributed by atoms with E-state index in [2.05, 4.69) is 4.98 Å². The number of carbonyl (C=O) groups excluding carboxylic acids is 1. The second-order valence-electron chi connectivity index (χ2n) is 3.74. The first-order chi connectivity index (χ1) is 8.06. The maximum Gasteiger partial charge on any atom is 0.180 e. The quantitative estimate of drug-likeness (QED) is 0.852. The third-order valence-electron chi connectivity index (χ3n) is 2.40. The molecule has 1 heterocycles. The summed E-state index contributed by atoms with van der Waals surface area (Å²) in [5.41, 5.74) is 7.31. The van der Waals surface area contributed by atoms with E-state index in [1.807, 2.05) is 0 Å². The number of ketones is 1. The lowest BCUT2D eigenvalue weighted by Crippen LogP contribution is -2.06. The molecular formula is C12H11FN2OS. The molecule has 0 amide bonds. The van der Waals surface area contributed by atoms with Crippen molar-refractivity contribution in [3.63, 3.8) is 0 Å². The van der Waals surface area contributed by atoms with Gasteiger partial charge in [-0.2, -0.15) is 0 Å². The Morgan fingerprint density at radius 1 is 1.53 bits per heavy atom. The molecule has 0 spiro atoms. The van der Waals surface area contributed by atoms with Crippen LogP contribution in [0.25, 0.3) is 0 Å². The Hall–Kier alpha value is -1.75. The highest BCUT2D eigenvalue weighted by Crippen LogP contribution is 2.16. The number of anilines is 1. The SMILES string of the molecule is Cc1cc(F)ccc1C(=O)Cc1csc(N)n1. The van der Waals surface area contributed by atoms with Gasteiger partial charge in [0.25, 0.3) is 0 Å². The third kappa shape index (κ3) is 2.68. The van der Waals surface area contributed by atoms with E-state index in [4.69, 9.17) is 5.73 Å². The van der Waals surface area contributed by atoms with Gasteiger partial charge >= 0.3 is 0 Å². The molecule has 0 aliphatic heterocycles. The van der Waals surface area contributed by atoms with Crippen molar-refractivity contribution in [2.75, 3.05) is 5.73 Å². The van der Waals surface area contributed by atoms with Gasteiger partial charge in [0.2, 0.25) is 0 Å². The van der Waals surface area contributed by atoms with Gasteiger partial charge in [0.05, 0.1) is 12.1 Å². The van der Waals surface area contributed by atoms with Gasteiger partial charge in [-0.05, 0) is 30.7 Å². The number of Topliss-reactive ketones (excluding diaryl/α,β-unsaturated/α-hetero) is 1. The number of halogens is 1. The molecule has 0 radical (unpaired) electrons. The van der Waals surface area contributed by atoms with Crippen LogP contribution in [0, 0.1) is 12.7 Å². The van der Waals surface area contributed by atoms with Crippen molar-refractivity contribution in [3.8, 4) is 0 Å². The van der Waals surface area contributed by atoms with Crippen LogP contribution in [0.1, 0.15) is 21.6 Å². The molecule has 2 N–H and O–H groups in total. The van der Waals surface area contributed by atoms with Gasteiger partial charge in [-0.1, -0.05) is 0 Å². The normalized spacial score (nSPS) is 10.5. The molecule has 5 heteroatoms. The predicted molar refractivity (Wildman–Crippen MR) is 65.7 cm³/mol. The predicted octanol–water partition coefficient (Wildman–Crippen LogP) is 2.60. The number of aryl methyl sites for hydroxylation is 1. The zero-order valence-corrected chi connectivity index (χ0v) is 10.1. The molecular weight excluding hydrogens is 239 g/mol. The van der Waals surface area contributed by atoms with Gasteiger partial charge in [0.15, 0.2) is 10.9 Å². The van der Waals surface area contributed by atoms with Gasteiger partial charge < -0.3 is 5.73 Å². The summed E-state index contributed by atoms with van der Waals surface area (Å²) in [6.45, 7) is 1.71. The second kappa shape index (κ2) is 4.63. The Kier molecular flexibility index (Phi) is 3.19. The molecule has 0 atom stereocenters. The Labute approximate surface area is 102 Å². The van der Waals surface area contributed by atoms with E-state index in [9.17, 15) is 9.18 Å². The van der Waals surface area contributed by atoms with Crippen LogP contribution in [0.3, 0.4) is 0 Å². The fraction of sp³-hybridized carbons (Fsp3) is 0.167. The van der Waals surface area contributed by atoms with E-state index < -0.39 is 0 Å². The lowest BCUT2D eigenvalue weighted by atomic mass is 10.0. The zero-order valence-electron chi connectivity index (χ0n) is 9.24. The summed E-state index contributed by atoms with van der Waals surface area (Å²) in [6.07, 6.45) is 0.195. The minimum absolute atomic E-state index is 0.0761. The highest BCUT2D eigenvalue weighted by atomic mass is 32.1. The highest BCUT2D eigenvalue weighted by Gasteiger charge is 2.12. The van der Waals surface area contributed by atoms with Crippen LogP contribution in [-0.4, -0.2) is 10.8 Å². The van der Waals surface area contributed by atoms with Gasteiger partial charge in [-0.25, -0.2) is 9.37 Å². The van der Waals surface area contributed by atoms with Crippen molar-refractivity contribution in [2.24, 2.45) is 0 Å². The van der Waals surface area contributed by atoms with E-state index in [0.717, 1.165) is 0 Å². The topological polar surface area (TPSA) is 56.0 Å². The van der Waals surface area contributed by atoms with Gasteiger partial charge in [0.1, 0.15) is 5.82 Å². The van der Waals surface area contributed by atoms with Crippen molar-refractivity contribution in [1.82, 2.24) is 4.98 Å². The van der Waals surface area contributed by atoms with Crippen molar-refractivity contribution in [1.29, 1.82) is 0 Å². The minimum atomic E-state index is -0.336. The number of nitrogen functional groups attached to an aromatic ring is 1. The van der Waals surface area contributed by atoms with Crippen LogP contribution < -0.4 is 5.73 Å². The second-order valence-corrected chi connectivity index (χ2v) is 4.63. The molecule has 1 aromatic heterocycles. The summed E-state index contributed by atoms with van der Waals surface area (Å²) in [5, 5.41) is 2.20. The van der Waals surface area contributed by atoms with Crippen molar-refractivity contribution in [2.45, 2.75) is 13.3 Å². The third-order valence-corrected chi connectivity index (χ3v) is 3.12. The molecule has 0 bridgehead atoms. The Balaban J connectivity index is 2.20. The standard InChI is InChI=1S/C12H11FN2OS/c1-7-4-8(13)2-3-10(7)11(16)5-9-6-17-12(14)15-9/h2-4,6H,5H2,1H3,(H2,14,15). The monoisotopic (exact) mass is 250 g/mol. The summed E-state index contributed by atoms with van der Waals surface area (Å²) in [5.74, 6) is -0.412. The molecule has 0 saturated carbocycles. The molecule has 3 nitrogen and oxygen atoms in total. The van der Waals surface area contributed by atoms with E-state index in [1.165, 1.54) is 29.5 Å². The fourth-order valence-electron chi connectivity index (χ4n) is 1.60. The summed E-state index contributed by atoms with van der Waals surface area (Å²) in [4.78, 5) is 16.0. The average Bonchev–Trinajstić information content (AvgIpc) is 2.63. The molecule has 0 aliphatic carbocycles. The number of nitrogens with two attached hydrogens (primary N) is 1. The Bertz CT molecular complexity index is 565. The van der Waals surface area contributed by atoms with E-state index in [1.54, 1.807) is 12.3 Å². The fourth-order valence-corrected chi connectivity index (χ4v) is 2.17. The van der Waals surface area contributed by atoms with E-state index >= 15 is 0 Å². The maximum absolute atomic E-state index is 12.9. The number of nitrogens with zero attached hydrogens (tertiary/aromatic N) is 1. The number of rotatable bonds is 3. The van der Waals surface area contributed by atoms with Crippen LogP contribution in [0.5, 0.6) is 0 Å². The van der Waals surface area contributed by atoms with Crippen LogP contribution in [0.15, 0.2) is 23.6 Å². The van der Waals surface area contributed by atoms with Gasteiger partial charge in [-0.3, -0.25) is 4.79 Å². The molecule has 0 fully saturated rings. The minimum Gasteiger partial charge on any atom is -0.375 e. The van der Waals surface area contributed by atoms with E-state index in [-0.39, 0.29) is 18.0 Å². The van der Waals surface area contributed by atoms with Crippen LogP contribution in [-0.2, 0) is 6.42 Å². The number of hydrogen-bond donors (Lipinski definition) is 1. The van der Waals surface area contributed by atoms with E-state index in [0.29, 0.717) is 22.0 Å². The lowest BCUT2D eigenvalue weighted by Gasteiger charge is -2.03. The molecule has 2 aromatic rings. The largest absolute Gasteiger partial charge is 0.375 e. The van der Waals surface area contributed by atoms with Crippen LogP contribution in [0.2, 0.25) is 0 Å². The summed E-state index contributed by atoms with van der Waals surface area (Å²) < 4.78 is 12.9. The lowest BCUT2D eigenvalue weighted by molar-refractivity contribution is 0.0991. The maximum atomic E-state index is 12.9. The molecule has 0 unspecified atom stereocenters. The molecule has 1 aromatic carbocycles. The number of benzene rings is 1. The molecule has 0 saturated heterocycles. The van der Waals surface area contributed by atoms with Gasteiger partial charge in [0, 0.05) is 10.9 Å². The number of thiazole rings is 1. The Morgan fingerprint density at radius 3 is 2.88 bits per heavy atom. The first-order valence-electron chi connectivity index (χ1n) is 5.05. The first kappa shape index (κ1) is 11.7. The summed E-state index contributed by atoms with van der Waals surface area (Å²) in [6, 6.07) is 4.14. The zero-order chi connectivity index (χ0) is 12.4. The highest BCUT2D eigenvalue weighted by molar-refractivity contribution is 7.13. The van der Waals surface area contributed by atoms with Crippen molar-refractivity contribution < 1.29 is 9.18 Å². The van der Waals surface area contributed by atoms with Crippen molar-refractivity contribution in [3.05, 3.63) is 46.2 Å². The molecule has 2 rings (SSSR count). The average molecular weight is 250 g/mol. The number of aromatic nitrogens is 1. The molecule has 17 heavy (non-hydrogen) atoms. The number of carbonyl (C=O) groups is 1. The smallest absolute Gasteiger partial charge is 0.180 e. The molecule has 0 aliphatic rings. The van der Waals surface area contributed by atoms with Crippen LogP contribution in [0.4, 0.5) is 9.52 Å². The van der Waals surface area contributed by atoms with Crippen LogP contribution >= 0.6 is 11.3 Å². The Morgan fingerprint density at radius 2 is 2.29 bits per heavy atom. The summed E-state index contributed by atoms with van der Waals surface area (Å²) >= 11 is 1.30. The van der Waals surface area contributed by atoms with Gasteiger partial charge in [-0.15, -0.1) is 11.3 Å². The summed E-state index contributed by atoms with van der Waals surface area (Å²) in [7, 11) is 0. The first-order valence-corrected chi connectivity index (χ1v) is 5.93. The number of hydrogen-bond acceptors (Lipinski definition) is 4. The van der Waals surface area contributed by atoms with Crippen molar-refractivity contribution >= 4 is 22.3 Å².